The molecular formula is C14H14BrFN2. The number of hydrogen-bond acceptors (Lipinski definition) is 2. The summed E-state index contributed by atoms with van der Waals surface area (Å²) in [6.07, 6.45) is 3.47. The molecule has 1 aromatic heterocycles. The first kappa shape index (κ1) is 13.2. The number of aromatic nitrogens is 1. The molecule has 1 aromatic carbocycles. The van der Waals surface area contributed by atoms with E-state index in [0.717, 1.165) is 11.1 Å². The summed E-state index contributed by atoms with van der Waals surface area (Å²) in [5.74, 6) is -0.198. The first-order chi connectivity index (χ1) is 8.61. The summed E-state index contributed by atoms with van der Waals surface area (Å²) >= 11 is 3.25. The van der Waals surface area contributed by atoms with Crippen molar-refractivity contribution in [3.05, 3.63) is 64.1 Å². The Labute approximate surface area is 114 Å². The summed E-state index contributed by atoms with van der Waals surface area (Å²) in [6.45, 7) is 2.03. The molecule has 0 saturated heterocycles. The van der Waals surface area contributed by atoms with E-state index < -0.39 is 0 Å². The van der Waals surface area contributed by atoms with Gasteiger partial charge in [0.25, 0.3) is 0 Å². The lowest BCUT2D eigenvalue weighted by molar-refractivity contribution is 0.576. The Morgan fingerprint density at radius 2 is 1.89 bits per heavy atom. The van der Waals surface area contributed by atoms with Gasteiger partial charge in [-0.25, -0.2) is 4.39 Å². The molecule has 0 radical (unpaired) electrons. The second kappa shape index (κ2) is 5.59. The molecule has 0 bridgehead atoms. The molecule has 2 atom stereocenters. The third kappa shape index (κ3) is 2.60. The fraction of sp³-hybridized carbons (Fsp3) is 0.214. The predicted octanol–water partition coefficient (Wildman–Crippen LogP) is 3.79. The molecule has 0 spiro atoms. The fourth-order valence-corrected chi connectivity index (χ4v) is 2.45. The number of nitrogens with zero attached hydrogens (tertiary/aromatic N) is 1. The highest BCUT2D eigenvalue weighted by Gasteiger charge is 2.20. The second-order valence-electron chi connectivity index (χ2n) is 4.24. The molecule has 94 valence electrons. The van der Waals surface area contributed by atoms with E-state index in [0.29, 0.717) is 4.47 Å². The van der Waals surface area contributed by atoms with Crippen LogP contribution in [0.2, 0.25) is 0 Å². The van der Waals surface area contributed by atoms with E-state index >= 15 is 0 Å². The van der Waals surface area contributed by atoms with Crippen molar-refractivity contribution in [3.8, 4) is 0 Å². The van der Waals surface area contributed by atoms with Gasteiger partial charge in [0, 0.05) is 24.4 Å². The van der Waals surface area contributed by atoms with E-state index in [9.17, 15) is 4.39 Å². The Morgan fingerprint density at radius 3 is 2.56 bits per heavy atom. The van der Waals surface area contributed by atoms with Crippen LogP contribution < -0.4 is 5.73 Å². The molecule has 0 aliphatic carbocycles. The van der Waals surface area contributed by atoms with Gasteiger partial charge in [-0.05, 0) is 45.3 Å². The summed E-state index contributed by atoms with van der Waals surface area (Å²) in [7, 11) is 0. The molecule has 2 aromatic rings. The van der Waals surface area contributed by atoms with Crippen LogP contribution in [0, 0.1) is 5.82 Å². The minimum Gasteiger partial charge on any atom is -0.323 e. The monoisotopic (exact) mass is 308 g/mol. The SMILES string of the molecule is CC(c1ccncc1)C(N)c1cccc(F)c1Br. The Hall–Kier alpha value is -1.26. The van der Waals surface area contributed by atoms with Crippen molar-refractivity contribution in [1.82, 2.24) is 4.98 Å². The zero-order valence-corrected chi connectivity index (χ0v) is 11.6. The van der Waals surface area contributed by atoms with Gasteiger partial charge in [0.05, 0.1) is 4.47 Å². The molecule has 2 unspecified atom stereocenters. The Kier molecular flexibility index (Phi) is 4.09. The van der Waals surface area contributed by atoms with Crippen LogP contribution >= 0.6 is 15.9 Å². The van der Waals surface area contributed by atoms with Gasteiger partial charge in [-0.15, -0.1) is 0 Å². The topological polar surface area (TPSA) is 38.9 Å². The fourth-order valence-electron chi connectivity index (χ4n) is 1.92. The molecule has 1 heterocycles. The van der Waals surface area contributed by atoms with Crippen molar-refractivity contribution < 1.29 is 4.39 Å². The lowest BCUT2D eigenvalue weighted by Crippen LogP contribution is -2.18. The highest BCUT2D eigenvalue weighted by Crippen LogP contribution is 2.33. The molecule has 0 amide bonds. The number of benzene rings is 1. The van der Waals surface area contributed by atoms with Gasteiger partial charge >= 0.3 is 0 Å². The average Bonchev–Trinajstić information content (AvgIpc) is 2.41. The molecule has 4 heteroatoms. The maximum Gasteiger partial charge on any atom is 0.137 e. The van der Waals surface area contributed by atoms with Gasteiger partial charge in [-0.3, -0.25) is 4.98 Å². The number of nitrogens with two attached hydrogens (primary N) is 1. The lowest BCUT2D eigenvalue weighted by atomic mass is 9.90. The van der Waals surface area contributed by atoms with Gasteiger partial charge in [0.15, 0.2) is 0 Å². The van der Waals surface area contributed by atoms with Gasteiger partial charge in [-0.2, -0.15) is 0 Å². The van der Waals surface area contributed by atoms with Gasteiger partial charge in [-0.1, -0.05) is 19.1 Å². The van der Waals surface area contributed by atoms with Crippen LogP contribution in [0.3, 0.4) is 0 Å². The quantitative estimate of drug-likeness (QED) is 0.937. The van der Waals surface area contributed by atoms with E-state index in [4.69, 9.17) is 5.73 Å². The van der Waals surface area contributed by atoms with Crippen molar-refractivity contribution in [2.45, 2.75) is 18.9 Å². The van der Waals surface area contributed by atoms with Crippen LogP contribution in [-0.4, -0.2) is 4.98 Å². The van der Waals surface area contributed by atoms with Crippen LogP contribution in [0.25, 0.3) is 0 Å². The molecule has 2 nitrogen and oxygen atoms in total. The van der Waals surface area contributed by atoms with Crippen molar-refractivity contribution in [2.75, 3.05) is 0 Å². The lowest BCUT2D eigenvalue weighted by Gasteiger charge is -2.21. The predicted molar refractivity (Wildman–Crippen MR) is 73.7 cm³/mol. The first-order valence-corrected chi connectivity index (χ1v) is 6.50. The van der Waals surface area contributed by atoms with Crippen molar-refractivity contribution in [3.63, 3.8) is 0 Å². The van der Waals surface area contributed by atoms with E-state index in [-0.39, 0.29) is 17.8 Å². The normalized spacial score (nSPS) is 14.2. The molecule has 18 heavy (non-hydrogen) atoms. The number of pyridine rings is 1. The Bertz CT molecular complexity index is 531. The third-order valence-corrected chi connectivity index (χ3v) is 3.95. The maximum atomic E-state index is 13.5. The van der Waals surface area contributed by atoms with E-state index in [1.54, 1.807) is 18.5 Å². The van der Waals surface area contributed by atoms with Gasteiger partial charge < -0.3 is 5.73 Å². The van der Waals surface area contributed by atoms with E-state index in [2.05, 4.69) is 20.9 Å². The second-order valence-corrected chi connectivity index (χ2v) is 5.03. The molecule has 0 saturated carbocycles. The molecule has 0 fully saturated rings. The Morgan fingerprint density at radius 1 is 1.22 bits per heavy atom. The molecule has 0 aliphatic heterocycles. The standard InChI is InChI=1S/C14H14BrFN2/c1-9(10-5-7-18-8-6-10)14(17)11-3-2-4-12(16)13(11)15/h2-9,14H,17H2,1H3. The van der Waals surface area contributed by atoms with E-state index in [1.807, 2.05) is 25.1 Å². The van der Waals surface area contributed by atoms with E-state index in [1.165, 1.54) is 6.07 Å². The van der Waals surface area contributed by atoms with Crippen LogP contribution in [0.15, 0.2) is 47.2 Å². The summed E-state index contributed by atoms with van der Waals surface area (Å²) in [6, 6.07) is 8.52. The third-order valence-electron chi connectivity index (χ3n) is 3.11. The van der Waals surface area contributed by atoms with Gasteiger partial charge in [0.1, 0.15) is 5.82 Å². The Balaban J connectivity index is 2.31. The van der Waals surface area contributed by atoms with Crippen molar-refractivity contribution in [2.24, 2.45) is 5.73 Å². The highest BCUT2D eigenvalue weighted by atomic mass is 79.9. The zero-order valence-electron chi connectivity index (χ0n) is 9.98. The summed E-state index contributed by atoms with van der Waals surface area (Å²) < 4.78 is 13.9. The summed E-state index contributed by atoms with van der Waals surface area (Å²) in [5.41, 5.74) is 8.09. The number of halogens is 2. The largest absolute Gasteiger partial charge is 0.323 e. The average molecular weight is 309 g/mol. The van der Waals surface area contributed by atoms with Crippen molar-refractivity contribution >= 4 is 15.9 Å². The number of rotatable bonds is 3. The minimum absolute atomic E-state index is 0.0890. The minimum atomic E-state index is -0.287. The number of hydrogen-bond donors (Lipinski definition) is 1. The van der Waals surface area contributed by atoms with Crippen LogP contribution in [0.4, 0.5) is 4.39 Å². The first-order valence-electron chi connectivity index (χ1n) is 5.70. The molecule has 2 N–H and O–H groups in total. The van der Waals surface area contributed by atoms with Crippen LogP contribution in [0.1, 0.15) is 30.0 Å². The van der Waals surface area contributed by atoms with Crippen LogP contribution in [-0.2, 0) is 0 Å². The van der Waals surface area contributed by atoms with Gasteiger partial charge in [0.2, 0.25) is 0 Å². The molecule has 0 aliphatic rings. The van der Waals surface area contributed by atoms with Crippen LogP contribution in [0.5, 0.6) is 0 Å². The smallest absolute Gasteiger partial charge is 0.137 e. The highest BCUT2D eigenvalue weighted by molar-refractivity contribution is 9.10. The summed E-state index contributed by atoms with van der Waals surface area (Å²) in [4.78, 5) is 3.98. The maximum absolute atomic E-state index is 13.5. The van der Waals surface area contributed by atoms with Crippen molar-refractivity contribution in [1.29, 1.82) is 0 Å². The molecular weight excluding hydrogens is 295 g/mol. The molecule has 2 rings (SSSR count). The zero-order chi connectivity index (χ0) is 13.1. The summed E-state index contributed by atoms with van der Waals surface area (Å²) in [5, 5.41) is 0.